The monoisotopic (exact) mass is 245 g/mol. The fraction of sp³-hybridized carbons (Fsp3) is 0.182. The quantitative estimate of drug-likeness (QED) is 0.758. The van der Waals surface area contributed by atoms with E-state index in [9.17, 15) is 9.59 Å². The number of pyridine rings is 1. The number of aromatic nitrogens is 2. The summed E-state index contributed by atoms with van der Waals surface area (Å²) in [6.45, 7) is 0.357. The number of nitrogen functional groups attached to an aromatic ring is 1. The highest BCUT2D eigenvalue weighted by molar-refractivity contribution is 6.07. The van der Waals surface area contributed by atoms with Crippen LogP contribution in [0.1, 0.15) is 6.42 Å². The second-order valence-corrected chi connectivity index (χ2v) is 4.05. The van der Waals surface area contributed by atoms with Gasteiger partial charge in [-0.25, -0.2) is 9.78 Å². The molecular weight excluding hydrogens is 234 g/mol. The van der Waals surface area contributed by atoms with Crippen LogP contribution < -0.4 is 16.0 Å². The Hall–Kier alpha value is -2.57. The van der Waals surface area contributed by atoms with E-state index < -0.39 is 6.03 Å². The summed E-state index contributed by atoms with van der Waals surface area (Å²) >= 11 is 0. The van der Waals surface area contributed by atoms with Crippen molar-refractivity contribution < 1.29 is 9.59 Å². The lowest BCUT2D eigenvalue weighted by atomic mass is 10.2. The van der Waals surface area contributed by atoms with Gasteiger partial charge in [0, 0.05) is 13.0 Å². The van der Waals surface area contributed by atoms with E-state index in [0.29, 0.717) is 18.1 Å². The zero-order valence-corrected chi connectivity index (χ0v) is 9.46. The van der Waals surface area contributed by atoms with E-state index >= 15 is 0 Å². The van der Waals surface area contributed by atoms with Crippen LogP contribution in [-0.4, -0.2) is 27.9 Å². The minimum atomic E-state index is -0.417. The Kier molecular flexibility index (Phi) is 2.19. The molecule has 0 atom stereocenters. The first-order valence-electron chi connectivity index (χ1n) is 5.49. The van der Waals surface area contributed by atoms with Gasteiger partial charge in [0.25, 0.3) is 0 Å². The van der Waals surface area contributed by atoms with Gasteiger partial charge in [-0.2, -0.15) is 0 Å². The third-order valence-electron chi connectivity index (χ3n) is 2.94. The number of urea groups is 1. The Morgan fingerprint density at radius 1 is 1.33 bits per heavy atom. The Morgan fingerprint density at radius 2 is 2.17 bits per heavy atom. The van der Waals surface area contributed by atoms with Crippen LogP contribution in [0.5, 0.6) is 0 Å². The molecule has 7 heteroatoms. The number of carbonyl (C=O) groups is 2. The Bertz CT molecular complexity index is 648. The molecule has 18 heavy (non-hydrogen) atoms. The molecule has 3 rings (SSSR count). The minimum absolute atomic E-state index is 0.253. The third kappa shape index (κ3) is 1.48. The van der Waals surface area contributed by atoms with E-state index in [4.69, 9.17) is 5.73 Å². The highest BCUT2D eigenvalue weighted by Gasteiger charge is 2.25. The van der Waals surface area contributed by atoms with Crippen molar-refractivity contribution in [2.45, 2.75) is 6.42 Å². The van der Waals surface area contributed by atoms with Crippen LogP contribution in [0.3, 0.4) is 0 Å². The van der Waals surface area contributed by atoms with Gasteiger partial charge < -0.3 is 5.73 Å². The molecule has 2 aromatic rings. The topological polar surface area (TPSA) is 92.7 Å². The number of imide groups is 1. The van der Waals surface area contributed by atoms with E-state index in [0.717, 1.165) is 5.52 Å². The SMILES string of the molecule is Nc1ccc(N2CCC(=O)NC2=O)c2cncn12. The van der Waals surface area contributed by atoms with Gasteiger partial charge in [-0.3, -0.25) is 19.4 Å². The second-order valence-electron chi connectivity index (χ2n) is 4.05. The van der Waals surface area contributed by atoms with Crippen LogP contribution in [0.15, 0.2) is 24.7 Å². The van der Waals surface area contributed by atoms with Crippen molar-refractivity contribution in [3.63, 3.8) is 0 Å². The van der Waals surface area contributed by atoms with Gasteiger partial charge in [0.1, 0.15) is 12.1 Å². The molecule has 3 heterocycles. The lowest BCUT2D eigenvalue weighted by Gasteiger charge is -2.27. The maximum Gasteiger partial charge on any atom is 0.328 e. The van der Waals surface area contributed by atoms with Crippen LogP contribution in [0.4, 0.5) is 16.3 Å². The molecule has 1 fully saturated rings. The molecule has 0 saturated carbocycles. The number of nitrogens with two attached hydrogens (primary N) is 1. The Labute approximate surface area is 102 Å². The van der Waals surface area contributed by atoms with E-state index in [-0.39, 0.29) is 12.3 Å². The predicted molar refractivity (Wildman–Crippen MR) is 65.1 cm³/mol. The lowest BCUT2D eigenvalue weighted by Crippen LogP contribution is -2.49. The molecule has 0 unspecified atom stereocenters. The molecule has 3 amide bonds. The summed E-state index contributed by atoms with van der Waals surface area (Å²) in [6, 6.07) is 3.04. The Balaban J connectivity index is 2.09. The predicted octanol–water partition coefficient (Wildman–Crippen LogP) is 0.363. The number of fused-ring (bicyclic) bond motifs is 1. The van der Waals surface area contributed by atoms with Gasteiger partial charge >= 0.3 is 6.03 Å². The van der Waals surface area contributed by atoms with Crippen molar-refractivity contribution >= 4 is 29.0 Å². The van der Waals surface area contributed by atoms with Crippen LogP contribution in [-0.2, 0) is 4.79 Å². The van der Waals surface area contributed by atoms with Crippen molar-refractivity contribution in [1.29, 1.82) is 0 Å². The van der Waals surface area contributed by atoms with Crippen molar-refractivity contribution in [2.75, 3.05) is 17.2 Å². The van der Waals surface area contributed by atoms with Gasteiger partial charge in [0.05, 0.1) is 17.4 Å². The summed E-state index contributed by atoms with van der Waals surface area (Å²) in [6.07, 6.45) is 3.51. The molecular formula is C11H11N5O2. The van der Waals surface area contributed by atoms with E-state index in [1.807, 2.05) is 0 Å². The summed E-state index contributed by atoms with van der Waals surface area (Å²) in [5.41, 5.74) is 7.23. The number of imidazole rings is 1. The zero-order chi connectivity index (χ0) is 12.7. The van der Waals surface area contributed by atoms with Gasteiger partial charge in [0.2, 0.25) is 5.91 Å². The van der Waals surface area contributed by atoms with E-state index in [1.165, 1.54) is 4.90 Å². The van der Waals surface area contributed by atoms with Crippen molar-refractivity contribution in [3.8, 4) is 0 Å². The fourth-order valence-electron chi connectivity index (χ4n) is 2.04. The van der Waals surface area contributed by atoms with E-state index in [2.05, 4.69) is 10.3 Å². The minimum Gasteiger partial charge on any atom is -0.385 e. The van der Waals surface area contributed by atoms with Crippen molar-refractivity contribution in [2.24, 2.45) is 0 Å². The molecule has 1 saturated heterocycles. The van der Waals surface area contributed by atoms with Crippen LogP contribution >= 0.6 is 0 Å². The molecule has 2 aromatic heterocycles. The number of carbonyl (C=O) groups excluding carboxylic acids is 2. The van der Waals surface area contributed by atoms with Gasteiger partial charge in [-0.1, -0.05) is 0 Å². The van der Waals surface area contributed by atoms with Gasteiger partial charge in [-0.05, 0) is 12.1 Å². The van der Waals surface area contributed by atoms with Crippen LogP contribution in [0, 0.1) is 0 Å². The summed E-state index contributed by atoms with van der Waals surface area (Å²) < 4.78 is 1.69. The molecule has 3 N–H and O–H groups in total. The fourth-order valence-corrected chi connectivity index (χ4v) is 2.04. The maximum atomic E-state index is 11.8. The standard InChI is InChI=1S/C11H11N5O2/c12-9-2-1-7(8-5-13-6-16(8)9)15-4-3-10(17)14-11(15)18/h1-2,5-6H,3-4,12H2,(H,14,17,18). The molecule has 0 aliphatic carbocycles. The second kappa shape index (κ2) is 3.73. The highest BCUT2D eigenvalue weighted by Crippen LogP contribution is 2.25. The van der Waals surface area contributed by atoms with Crippen LogP contribution in [0.25, 0.3) is 5.52 Å². The maximum absolute atomic E-state index is 11.8. The first kappa shape index (κ1) is 10.6. The number of rotatable bonds is 1. The molecule has 92 valence electrons. The van der Waals surface area contributed by atoms with Crippen molar-refractivity contribution in [3.05, 3.63) is 24.7 Å². The molecule has 7 nitrogen and oxygen atoms in total. The average Bonchev–Trinajstić information content (AvgIpc) is 2.81. The molecule has 1 aliphatic heterocycles. The molecule has 1 aliphatic rings. The smallest absolute Gasteiger partial charge is 0.328 e. The summed E-state index contributed by atoms with van der Waals surface area (Å²) in [5, 5.41) is 2.29. The highest BCUT2D eigenvalue weighted by atomic mass is 16.2. The average molecular weight is 245 g/mol. The summed E-state index contributed by atoms with van der Waals surface area (Å²) in [4.78, 5) is 28.4. The third-order valence-corrected chi connectivity index (χ3v) is 2.94. The number of hydrogen-bond donors (Lipinski definition) is 2. The van der Waals surface area contributed by atoms with E-state index in [1.54, 1.807) is 29.1 Å². The zero-order valence-electron chi connectivity index (χ0n) is 9.46. The number of hydrogen-bond acceptors (Lipinski definition) is 4. The number of nitrogens with zero attached hydrogens (tertiary/aromatic N) is 3. The van der Waals surface area contributed by atoms with Gasteiger partial charge in [-0.15, -0.1) is 0 Å². The van der Waals surface area contributed by atoms with Crippen molar-refractivity contribution in [1.82, 2.24) is 14.7 Å². The number of anilines is 2. The van der Waals surface area contributed by atoms with Gasteiger partial charge in [0.15, 0.2) is 0 Å². The molecule has 0 bridgehead atoms. The largest absolute Gasteiger partial charge is 0.385 e. The summed E-state index contributed by atoms with van der Waals surface area (Å²) in [7, 11) is 0. The normalized spacial score (nSPS) is 16.1. The molecule has 0 spiro atoms. The number of nitrogens with one attached hydrogen (secondary N) is 1. The first-order chi connectivity index (χ1) is 8.66. The first-order valence-corrected chi connectivity index (χ1v) is 5.49. The summed E-state index contributed by atoms with van der Waals surface area (Å²) in [5.74, 6) is 0.288. The van der Waals surface area contributed by atoms with Crippen LogP contribution in [0.2, 0.25) is 0 Å². The number of amides is 3. The lowest BCUT2D eigenvalue weighted by molar-refractivity contribution is -0.120. The molecule has 0 radical (unpaired) electrons. The Morgan fingerprint density at radius 3 is 2.94 bits per heavy atom. The molecule has 0 aromatic carbocycles.